The number of rotatable bonds is 7. The van der Waals surface area contributed by atoms with Crippen LogP contribution in [0, 0.1) is 26.0 Å². The first-order chi connectivity index (χ1) is 21.0. The van der Waals surface area contributed by atoms with Crippen molar-refractivity contribution >= 4 is 21.8 Å². The van der Waals surface area contributed by atoms with E-state index in [9.17, 15) is 0 Å². The van der Waals surface area contributed by atoms with Crippen molar-refractivity contribution in [3.05, 3.63) is 126 Å². The minimum Gasteiger partial charge on any atom is -0.509 e. The molecule has 3 heterocycles. The quantitative estimate of drug-likeness (QED) is 0.153. The summed E-state index contributed by atoms with van der Waals surface area (Å²) in [4.78, 5) is 4.73. The minimum absolute atomic E-state index is 0. The molecular formula is C37H30N4O2Pt. The molecule has 7 rings (SSSR count). The van der Waals surface area contributed by atoms with Gasteiger partial charge in [-0.15, -0.1) is 35.7 Å². The van der Waals surface area contributed by atoms with Gasteiger partial charge in [0.25, 0.3) is 0 Å². The fraction of sp³-hybridized carbons (Fsp3) is 0.135. The van der Waals surface area contributed by atoms with Gasteiger partial charge in [-0.05, 0) is 72.8 Å². The van der Waals surface area contributed by atoms with Crippen LogP contribution in [0.25, 0.3) is 44.4 Å². The van der Waals surface area contributed by atoms with Crippen LogP contribution in [-0.4, -0.2) is 26.4 Å². The minimum atomic E-state index is 0. The van der Waals surface area contributed by atoms with Crippen molar-refractivity contribution in [1.29, 1.82) is 0 Å². The third-order valence-corrected chi connectivity index (χ3v) is 7.86. The van der Waals surface area contributed by atoms with Gasteiger partial charge in [-0.1, -0.05) is 42.8 Å². The van der Waals surface area contributed by atoms with Gasteiger partial charge in [-0.3, -0.25) is 4.68 Å². The van der Waals surface area contributed by atoms with E-state index < -0.39 is 0 Å². The Morgan fingerprint density at radius 3 is 2.43 bits per heavy atom. The molecule has 0 N–H and O–H groups in total. The number of hydrogen-bond acceptors (Lipinski definition) is 4. The molecule has 7 aromatic rings. The van der Waals surface area contributed by atoms with Crippen molar-refractivity contribution < 1.29 is 30.5 Å². The van der Waals surface area contributed by atoms with E-state index in [1.165, 1.54) is 5.56 Å². The molecule has 6 nitrogen and oxygen atoms in total. The summed E-state index contributed by atoms with van der Waals surface area (Å²) in [5.74, 6) is 2.80. The second-order valence-electron chi connectivity index (χ2n) is 10.5. The number of methoxy groups -OCH3 is 1. The topological polar surface area (TPSA) is 54.1 Å². The van der Waals surface area contributed by atoms with Crippen LogP contribution in [0.4, 0.5) is 0 Å². The first kappa shape index (κ1) is 29.4. The molecule has 0 aliphatic carbocycles. The van der Waals surface area contributed by atoms with E-state index in [0.29, 0.717) is 11.5 Å². The Kier molecular flexibility index (Phi) is 8.11. The zero-order chi connectivity index (χ0) is 29.5. The Morgan fingerprint density at radius 2 is 1.64 bits per heavy atom. The zero-order valence-corrected chi connectivity index (χ0v) is 27.1. The maximum absolute atomic E-state index is 6.38. The number of aromatic nitrogens is 4. The number of pyridine rings is 1. The third kappa shape index (κ3) is 5.20. The Hall–Kier alpha value is -4.67. The second-order valence-corrected chi connectivity index (χ2v) is 10.5. The Balaban J connectivity index is 0.00000343. The van der Waals surface area contributed by atoms with Gasteiger partial charge in [0.15, 0.2) is 0 Å². The van der Waals surface area contributed by atoms with Crippen LogP contribution in [-0.2, 0) is 27.5 Å². The van der Waals surface area contributed by atoms with Crippen molar-refractivity contribution in [1.82, 2.24) is 19.3 Å². The van der Waals surface area contributed by atoms with Crippen LogP contribution in [0.3, 0.4) is 0 Å². The molecule has 0 saturated heterocycles. The number of ether oxygens (including phenoxy) is 2. The van der Waals surface area contributed by atoms with Crippen LogP contribution in [0.1, 0.15) is 23.9 Å². The molecule has 0 radical (unpaired) electrons. The number of fused-ring (bicyclic) bond motifs is 3. The smallest absolute Gasteiger partial charge is 0.509 e. The van der Waals surface area contributed by atoms with Crippen LogP contribution in [0.5, 0.6) is 17.2 Å². The van der Waals surface area contributed by atoms with Crippen molar-refractivity contribution in [3.63, 3.8) is 0 Å². The number of nitrogens with zero attached hydrogens (tertiary/aromatic N) is 4. The fourth-order valence-electron chi connectivity index (χ4n) is 5.77. The van der Waals surface area contributed by atoms with E-state index >= 15 is 0 Å². The normalized spacial score (nSPS) is 11.1. The molecule has 4 aromatic carbocycles. The molecule has 0 spiro atoms. The average molecular weight is 758 g/mol. The van der Waals surface area contributed by atoms with Crippen molar-refractivity contribution in [2.75, 3.05) is 7.11 Å². The van der Waals surface area contributed by atoms with Crippen LogP contribution >= 0.6 is 0 Å². The largest absolute Gasteiger partial charge is 2.00 e. The van der Waals surface area contributed by atoms with Crippen LogP contribution in [0.2, 0.25) is 0 Å². The predicted octanol–water partition coefficient (Wildman–Crippen LogP) is 8.61. The van der Waals surface area contributed by atoms with E-state index in [2.05, 4.69) is 66.9 Å². The number of hydrogen-bond donors (Lipinski definition) is 0. The van der Waals surface area contributed by atoms with Gasteiger partial charge in [-0.25, -0.2) is 4.98 Å². The zero-order valence-electron chi connectivity index (χ0n) is 24.9. The summed E-state index contributed by atoms with van der Waals surface area (Å²) < 4.78 is 16.0. The Labute approximate surface area is 271 Å². The van der Waals surface area contributed by atoms with Crippen molar-refractivity contribution in [2.24, 2.45) is 0 Å². The van der Waals surface area contributed by atoms with Gasteiger partial charge in [0.05, 0.1) is 12.8 Å². The molecule has 0 bridgehead atoms. The molecule has 0 unspecified atom stereocenters. The molecule has 0 amide bonds. The summed E-state index contributed by atoms with van der Waals surface area (Å²) in [6, 6.07) is 37.4. The summed E-state index contributed by atoms with van der Waals surface area (Å²) in [6.07, 6.45) is 2.78. The Morgan fingerprint density at radius 1 is 0.818 bits per heavy atom. The third-order valence-electron chi connectivity index (χ3n) is 7.86. The predicted molar refractivity (Wildman–Crippen MR) is 171 cm³/mol. The van der Waals surface area contributed by atoms with Gasteiger partial charge in [0, 0.05) is 34.5 Å². The van der Waals surface area contributed by atoms with Gasteiger partial charge in [0.1, 0.15) is 11.6 Å². The molecule has 3 aromatic heterocycles. The molecular weight excluding hydrogens is 728 g/mol. The van der Waals surface area contributed by atoms with Gasteiger partial charge in [-0.2, -0.15) is 17.2 Å². The van der Waals surface area contributed by atoms with E-state index in [0.717, 1.165) is 68.0 Å². The molecule has 0 aliphatic heterocycles. The van der Waals surface area contributed by atoms with Gasteiger partial charge >= 0.3 is 21.1 Å². The number of aryl methyl sites for hydroxylation is 2. The summed E-state index contributed by atoms with van der Waals surface area (Å²) in [5.41, 5.74) is 8.21. The molecule has 44 heavy (non-hydrogen) atoms. The molecule has 0 saturated carbocycles. The monoisotopic (exact) mass is 757 g/mol. The average Bonchev–Trinajstić information content (AvgIpc) is 3.53. The van der Waals surface area contributed by atoms with E-state index in [-0.39, 0.29) is 21.1 Å². The SMILES string of the molecule is CCc1ccnc(-n2c3[c-]c(Oc4[c-]c(-n5nc(C)c(-c6ccccc6)c5C)ccc4)ccc3c3cc(OC)ccc32)c1.[Pt+2]. The summed E-state index contributed by atoms with van der Waals surface area (Å²) in [7, 11) is 1.68. The maximum atomic E-state index is 6.38. The number of benzene rings is 4. The Bertz CT molecular complexity index is 2110. The maximum Gasteiger partial charge on any atom is 2.00 e. The summed E-state index contributed by atoms with van der Waals surface area (Å²) in [6.45, 7) is 6.27. The van der Waals surface area contributed by atoms with E-state index in [1.54, 1.807) is 7.11 Å². The van der Waals surface area contributed by atoms with Crippen molar-refractivity contribution in [3.8, 4) is 39.9 Å². The first-order valence-electron chi connectivity index (χ1n) is 14.4. The van der Waals surface area contributed by atoms with Gasteiger partial charge in [0.2, 0.25) is 0 Å². The molecule has 0 fully saturated rings. The first-order valence-corrected chi connectivity index (χ1v) is 14.4. The fourth-order valence-corrected chi connectivity index (χ4v) is 5.77. The van der Waals surface area contributed by atoms with E-state index in [4.69, 9.17) is 19.6 Å². The van der Waals surface area contributed by atoms with Crippen molar-refractivity contribution in [2.45, 2.75) is 27.2 Å². The van der Waals surface area contributed by atoms with Gasteiger partial charge < -0.3 is 14.0 Å². The molecule has 7 heteroatoms. The standard InChI is InChI=1S/C37H30N4O2.Pt/c1-5-26-18-19-38-36(20-26)40-34-17-15-29(42-4)22-33(34)32-16-14-31(23-35(32)40)43-30-13-9-12-28(21-30)41-25(3)37(24(2)39-41)27-10-7-6-8-11-27;/h6-20,22H,5H2,1-4H3;/q-2;+2. The summed E-state index contributed by atoms with van der Waals surface area (Å²) >= 11 is 0. The van der Waals surface area contributed by atoms with Crippen LogP contribution < -0.4 is 9.47 Å². The summed E-state index contributed by atoms with van der Waals surface area (Å²) in [5, 5.41) is 6.95. The second kappa shape index (κ2) is 12.1. The molecule has 0 aliphatic rings. The van der Waals surface area contributed by atoms with Crippen LogP contribution in [0.15, 0.2) is 97.2 Å². The molecule has 0 atom stereocenters. The van der Waals surface area contributed by atoms with E-state index in [1.807, 2.05) is 72.4 Å². The molecule has 220 valence electrons.